The molecule has 2 atom stereocenters. The molecular formula is C24H26N8O. The molecule has 1 aromatic carbocycles. The molecule has 168 valence electrons. The Kier molecular flexibility index (Phi) is 5.44. The number of hydrogen-bond donors (Lipinski definition) is 2. The molecule has 9 nitrogen and oxygen atoms in total. The van der Waals surface area contributed by atoms with Crippen molar-refractivity contribution in [1.82, 2.24) is 25.1 Å². The van der Waals surface area contributed by atoms with Crippen LogP contribution >= 0.6 is 0 Å². The van der Waals surface area contributed by atoms with Crippen molar-refractivity contribution in [3.05, 3.63) is 48.4 Å². The lowest BCUT2D eigenvalue weighted by atomic mass is 9.87. The van der Waals surface area contributed by atoms with Crippen molar-refractivity contribution in [2.45, 2.75) is 18.5 Å². The third kappa shape index (κ3) is 4.13. The second-order valence-electron chi connectivity index (χ2n) is 8.65. The summed E-state index contributed by atoms with van der Waals surface area (Å²) in [6, 6.07) is 11.6. The van der Waals surface area contributed by atoms with E-state index in [2.05, 4.69) is 41.8 Å². The van der Waals surface area contributed by atoms with Crippen LogP contribution in [0.25, 0.3) is 11.3 Å². The highest BCUT2D eigenvalue weighted by Crippen LogP contribution is 2.39. The number of hydrogen-bond acceptors (Lipinski definition) is 9. The molecule has 2 aromatic heterocycles. The van der Waals surface area contributed by atoms with Gasteiger partial charge in [-0.05, 0) is 50.7 Å². The summed E-state index contributed by atoms with van der Waals surface area (Å²) in [7, 11) is 3.96. The van der Waals surface area contributed by atoms with E-state index in [4.69, 9.17) is 5.73 Å². The number of para-hydroxylation sites is 1. The number of aromatic nitrogens is 4. The van der Waals surface area contributed by atoms with Crippen LogP contribution in [-0.2, 0) is 0 Å². The van der Waals surface area contributed by atoms with E-state index in [9.17, 15) is 5.11 Å². The minimum absolute atomic E-state index is 0.170. The van der Waals surface area contributed by atoms with E-state index in [0.29, 0.717) is 41.5 Å². The lowest BCUT2D eigenvalue weighted by Crippen LogP contribution is -2.69. The highest BCUT2D eigenvalue weighted by atomic mass is 16.3. The van der Waals surface area contributed by atoms with Gasteiger partial charge < -0.3 is 20.6 Å². The van der Waals surface area contributed by atoms with Crippen LogP contribution in [0.2, 0.25) is 0 Å². The lowest BCUT2D eigenvalue weighted by Gasteiger charge is -2.57. The number of piperazine rings is 1. The number of phenolic OH excluding ortho intramolecular Hbond substituents is 1. The molecule has 6 rings (SSSR count). The molecule has 3 aliphatic rings. The molecule has 33 heavy (non-hydrogen) atoms. The summed E-state index contributed by atoms with van der Waals surface area (Å²) in [5, 5.41) is 18.6. The summed E-state index contributed by atoms with van der Waals surface area (Å²) >= 11 is 0. The molecule has 3 N–H and O–H groups in total. The number of nitrogens with zero attached hydrogens (tertiary/aromatic N) is 7. The first-order chi connectivity index (χ1) is 16.0. The number of aromatic hydroxyl groups is 1. The van der Waals surface area contributed by atoms with Gasteiger partial charge in [0.2, 0.25) is 5.82 Å². The van der Waals surface area contributed by atoms with Gasteiger partial charge in [-0.15, -0.1) is 10.2 Å². The first-order valence-corrected chi connectivity index (χ1v) is 10.9. The topological polar surface area (TPSA) is 108 Å². The number of anilines is 3. The Hall–Kier alpha value is -3.90. The highest BCUT2D eigenvalue weighted by Gasteiger charge is 2.45. The van der Waals surface area contributed by atoms with Crippen LogP contribution in [-0.4, -0.2) is 76.0 Å². The summed E-state index contributed by atoms with van der Waals surface area (Å²) < 4.78 is 0. The second kappa shape index (κ2) is 8.56. The van der Waals surface area contributed by atoms with Gasteiger partial charge in [0, 0.05) is 24.8 Å². The van der Waals surface area contributed by atoms with E-state index in [1.54, 1.807) is 18.3 Å². The molecule has 0 radical (unpaired) electrons. The summed E-state index contributed by atoms with van der Waals surface area (Å²) in [5.74, 6) is 8.16. The number of nitrogens with two attached hydrogens (primary N) is 1. The first kappa shape index (κ1) is 21.0. The number of piperidine rings is 1. The Balaban J connectivity index is 1.34. The van der Waals surface area contributed by atoms with Crippen molar-refractivity contribution in [3.63, 3.8) is 0 Å². The third-order valence-corrected chi connectivity index (χ3v) is 6.02. The Bertz CT molecular complexity index is 1220. The Morgan fingerprint density at radius 2 is 1.94 bits per heavy atom. The molecule has 5 heterocycles. The van der Waals surface area contributed by atoms with E-state index in [1.807, 2.05) is 43.3 Å². The zero-order valence-corrected chi connectivity index (χ0v) is 18.7. The molecule has 0 spiro atoms. The zero-order chi connectivity index (χ0) is 22.9. The van der Waals surface area contributed by atoms with Gasteiger partial charge in [0.05, 0.1) is 30.0 Å². The van der Waals surface area contributed by atoms with Gasteiger partial charge in [0.15, 0.2) is 5.82 Å². The smallest absolute Gasteiger partial charge is 0.206 e. The lowest BCUT2D eigenvalue weighted by molar-refractivity contribution is 0.289. The van der Waals surface area contributed by atoms with Crippen LogP contribution in [0.3, 0.4) is 0 Å². The minimum Gasteiger partial charge on any atom is -0.507 e. The highest BCUT2D eigenvalue weighted by molar-refractivity contribution is 5.74. The van der Waals surface area contributed by atoms with Gasteiger partial charge in [-0.25, -0.2) is 9.97 Å². The van der Waals surface area contributed by atoms with E-state index in [-0.39, 0.29) is 5.75 Å². The van der Waals surface area contributed by atoms with Crippen molar-refractivity contribution in [3.8, 4) is 28.8 Å². The fourth-order valence-corrected chi connectivity index (χ4v) is 4.48. The van der Waals surface area contributed by atoms with Crippen molar-refractivity contribution >= 4 is 17.3 Å². The zero-order valence-electron chi connectivity index (χ0n) is 18.7. The Morgan fingerprint density at radius 3 is 2.70 bits per heavy atom. The molecule has 0 amide bonds. The van der Waals surface area contributed by atoms with Crippen LogP contribution in [0.5, 0.6) is 5.75 Å². The predicted molar refractivity (Wildman–Crippen MR) is 128 cm³/mol. The molecule has 2 bridgehead atoms. The predicted octanol–water partition coefficient (Wildman–Crippen LogP) is 1.60. The molecular weight excluding hydrogens is 416 g/mol. The molecule has 3 aromatic rings. The van der Waals surface area contributed by atoms with Gasteiger partial charge in [-0.3, -0.25) is 4.90 Å². The minimum atomic E-state index is 0.170. The number of phenols is 1. The van der Waals surface area contributed by atoms with Crippen LogP contribution in [0.15, 0.2) is 42.6 Å². The Morgan fingerprint density at radius 1 is 1.15 bits per heavy atom. The average molecular weight is 443 g/mol. The molecule has 0 aliphatic carbocycles. The van der Waals surface area contributed by atoms with E-state index < -0.39 is 0 Å². The summed E-state index contributed by atoms with van der Waals surface area (Å²) in [6.45, 7) is 2.28. The fraction of sp³-hybridized carbons (Fsp3) is 0.333. The van der Waals surface area contributed by atoms with Gasteiger partial charge in [-0.2, -0.15) is 0 Å². The molecule has 2 unspecified atom stereocenters. The number of benzene rings is 1. The molecule has 9 heteroatoms. The fourth-order valence-electron chi connectivity index (χ4n) is 4.48. The Labute approximate surface area is 192 Å². The van der Waals surface area contributed by atoms with Crippen molar-refractivity contribution in [2.75, 3.05) is 49.3 Å². The monoisotopic (exact) mass is 442 g/mol. The summed E-state index contributed by atoms with van der Waals surface area (Å²) in [4.78, 5) is 15.6. The molecule has 0 saturated carbocycles. The maximum absolute atomic E-state index is 10.2. The van der Waals surface area contributed by atoms with Crippen molar-refractivity contribution in [1.29, 1.82) is 0 Å². The van der Waals surface area contributed by atoms with Gasteiger partial charge in [-0.1, -0.05) is 18.1 Å². The van der Waals surface area contributed by atoms with Crippen molar-refractivity contribution < 1.29 is 5.11 Å². The third-order valence-electron chi connectivity index (χ3n) is 6.02. The second-order valence-corrected chi connectivity index (χ2v) is 8.65. The largest absolute Gasteiger partial charge is 0.507 e. The quantitative estimate of drug-likeness (QED) is 0.583. The van der Waals surface area contributed by atoms with Crippen LogP contribution < -0.4 is 15.5 Å². The van der Waals surface area contributed by atoms with Crippen molar-refractivity contribution in [2.24, 2.45) is 0 Å². The number of fused-ring (bicyclic) bond motifs is 2. The van der Waals surface area contributed by atoms with E-state index in [1.165, 1.54) is 0 Å². The van der Waals surface area contributed by atoms with E-state index >= 15 is 0 Å². The van der Waals surface area contributed by atoms with Crippen LogP contribution in [0.4, 0.5) is 17.3 Å². The molecule has 3 aliphatic heterocycles. The number of rotatable bonds is 4. The standard InChI is InChI=1S/C24H26N8O/c1-30(2)11-5-8-22-26-10-9-23(27-22)32-16-12-17(32)15-31(14-16)20-13-19(28-29-24(20)25)18-6-3-4-7-21(18)33/h3-4,6-7,9-10,13,16-17,33H,11-12,14-15H2,1-2H3,(H2,25,29). The number of nitrogen functional groups attached to an aromatic ring is 1. The van der Waals surface area contributed by atoms with Gasteiger partial charge >= 0.3 is 0 Å². The maximum Gasteiger partial charge on any atom is 0.206 e. The maximum atomic E-state index is 10.2. The normalized spacial score (nSPS) is 19.1. The average Bonchev–Trinajstić information content (AvgIpc) is 2.80. The van der Waals surface area contributed by atoms with Gasteiger partial charge in [0.1, 0.15) is 11.6 Å². The molecule has 3 saturated heterocycles. The molecule has 3 fully saturated rings. The summed E-state index contributed by atoms with van der Waals surface area (Å²) in [5.41, 5.74) is 8.28. The van der Waals surface area contributed by atoms with Crippen LogP contribution in [0.1, 0.15) is 12.2 Å². The van der Waals surface area contributed by atoms with Crippen LogP contribution in [0, 0.1) is 11.8 Å². The summed E-state index contributed by atoms with van der Waals surface area (Å²) in [6.07, 6.45) is 2.88. The first-order valence-electron chi connectivity index (χ1n) is 10.9. The van der Waals surface area contributed by atoms with E-state index in [0.717, 1.165) is 31.0 Å². The SMILES string of the molecule is CN(C)CC#Cc1nccc(N2C3CC2CN(c2cc(-c4ccccc4O)nnc2N)C3)n1. The van der Waals surface area contributed by atoms with Gasteiger partial charge in [0.25, 0.3) is 0 Å².